The number of halogens is 4. The molecule has 1 aromatic rings. The molecule has 0 saturated heterocycles. The van der Waals surface area contributed by atoms with Gasteiger partial charge in [-0.2, -0.15) is 21.6 Å². The lowest BCUT2D eigenvalue weighted by Gasteiger charge is -2.33. The Morgan fingerprint density at radius 2 is 1.61 bits per heavy atom. The zero-order valence-corrected chi connectivity index (χ0v) is 15.2. The maximum atomic E-state index is 12.3. The number of rotatable bonds is 4. The van der Waals surface area contributed by atoms with Crippen molar-refractivity contribution < 1.29 is 25.8 Å². The van der Waals surface area contributed by atoms with Crippen molar-refractivity contribution in [3.05, 3.63) is 28.8 Å². The van der Waals surface area contributed by atoms with Gasteiger partial charge in [-0.05, 0) is 34.9 Å². The fourth-order valence-corrected chi connectivity index (χ4v) is 3.32. The molecule has 0 saturated carbocycles. The Morgan fingerprint density at radius 1 is 1.09 bits per heavy atom. The maximum Gasteiger partial charge on any atom is 0.534 e. The van der Waals surface area contributed by atoms with Crippen LogP contribution >= 0.6 is 11.6 Å². The number of alkyl halides is 3. The van der Waals surface area contributed by atoms with Gasteiger partial charge in [0.15, 0.2) is 5.75 Å². The average Bonchev–Trinajstić information content (AvgIpc) is 2.26. The topological polar surface area (TPSA) is 43.4 Å². The van der Waals surface area contributed by atoms with Crippen LogP contribution in [-0.2, 0) is 15.5 Å². The Labute approximate surface area is 139 Å². The van der Waals surface area contributed by atoms with E-state index >= 15 is 0 Å². The highest BCUT2D eigenvalue weighted by atomic mass is 35.5. The van der Waals surface area contributed by atoms with Gasteiger partial charge in [-0.15, -0.1) is 0 Å². The van der Waals surface area contributed by atoms with E-state index in [-0.39, 0.29) is 15.9 Å². The number of hydrogen-bond acceptors (Lipinski definition) is 3. The van der Waals surface area contributed by atoms with Crippen LogP contribution in [-0.4, -0.2) is 13.9 Å². The average molecular weight is 373 g/mol. The summed E-state index contributed by atoms with van der Waals surface area (Å²) in [7, 11) is -5.73. The summed E-state index contributed by atoms with van der Waals surface area (Å²) in [4.78, 5) is 0. The van der Waals surface area contributed by atoms with Crippen LogP contribution in [0.2, 0.25) is 5.02 Å². The standard InChI is InChI=1S/C15H20ClF3O3S/c1-13(2,3)9-14(4,5)10-6-7-12(11(16)8-10)22-23(20,21)15(17,18)19/h6-8H,9H2,1-5H3. The fraction of sp³-hybridized carbons (Fsp3) is 0.600. The molecule has 0 heterocycles. The minimum Gasteiger partial charge on any atom is -0.374 e. The minimum atomic E-state index is -5.73. The molecule has 0 N–H and O–H groups in total. The van der Waals surface area contributed by atoms with Gasteiger partial charge in [0.05, 0.1) is 5.02 Å². The molecule has 3 nitrogen and oxygen atoms in total. The third kappa shape index (κ3) is 5.28. The van der Waals surface area contributed by atoms with Gasteiger partial charge in [-0.25, -0.2) is 0 Å². The van der Waals surface area contributed by atoms with Crippen LogP contribution in [0.25, 0.3) is 0 Å². The number of hydrogen-bond donors (Lipinski definition) is 0. The van der Waals surface area contributed by atoms with Gasteiger partial charge in [0.25, 0.3) is 0 Å². The summed E-state index contributed by atoms with van der Waals surface area (Å²) in [6, 6.07) is 4.11. The third-order valence-corrected chi connectivity index (χ3v) is 4.43. The smallest absolute Gasteiger partial charge is 0.374 e. The van der Waals surface area contributed by atoms with Gasteiger partial charge in [-0.3, -0.25) is 0 Å². The van der Waals surface area contributed by atoms with Crippen LogP contribution in [0.15, 0.2) is 18.2 Å². The summed E-state index contributed by atoms with van der Waals surface area (Å²) in [5.41, 5.74) is -4.97. The molecule has 8 heteroatoms. The first-order chi connectivity index (χ1) is 10.1. The molecule has 0 bridgehead atoms. The summed E-state index contributed by atoms with van der Waals surface area (Å²) in [6.07, 6.45) is 0.803. The summed E-state index contributed by atoms with van der Waals surface area (Å²) < 4.78 is 63.2. The van der Waals surface area contributed by atoms with Crippen molar-refractivity contribution in [1.29, 1.82) is 0 Å². The highest BCUT2D eigenvalue weighted by Crippen LogP contribution is 2.39. The van der Waals surface area contributed by atoms with Gasteiger partial charge >= 0.3 is 15.6 Å². The van der Waals surface area contributed by atoms with Gasteiger partial charge in [0.2, 0.25) is 0 Å². The van der Waals surface area contributed by atoms with Crippen molar-refractivity contribution in [2.45, 2.75) is 52.0 Å². The second-order valence-electron chi connectivity index (χ2n) is 7.25. The van der Waals surface area contributed by atoms with E-state index in [1.165, 1.54) is 12.1 Å². The molecule has 0 aliphatic heterocycles. The maximum absolute atomic E-state index is 12.3. The van der Waals surface area contributed by atoms with E-state index in [1.807, 2.05) is 13.8 Å². The van der Waals surface area contributed by atoms with Crippen LogP contribution < -0.4 is 4.18 Å². The molecule has 0 aliphatic carbocycles. The Kier molecular flexibility index (Phi) is 5.39. The van der Waals surface area contributed by atoms with E-state index in [9.17, 15) is 21.6 Å². The Morgan fingerprint density at radius 3 is 2.00 bits per heavy atom. The van der Waals surface area contributed by atoms with Crippen LogP contribution in [0.5, 0.6) is 5.75 Å². The summed E-state index contributed by atoms with van der Waals surface area (Å²) in [5, 5.41) is -0.183. The summed E-state index contributed by atoms with van der Waals surface area (Å²) in [5.74, 6) is -0.542. The molecule has 0 amide bonds. The Hall–Kier alpha value is -0.950. The van der Waals surface area contributed by atoms with Crippen molar-refractivity contribution in [2.24, 2.45) is 5.41 Å². The fourth-order valence-electron chi connectivity index (χ4n) is 2.58. The van der Waals surface area contributed by atoms with Crippen molar-refractivity contribution in [2.75, 3.05) is 0 Å². The molecule has 1 rings (SSSR count). The normalized spacial score (nSPS) is 14.0. The van der Waals surface area contributed by atoms with Crippen molar-refractivity contribution >= 4 is 21.7 Å². The molecular weight excluding hydrogens is 353 g/mol. The van der Waals surface area contributed by atoms with Crippen LogP contribution in [0, 0.1) is 5.41 Å². The van der Waals surface area contributed by atoms with Gasteiger partial charge in [0.1, 0.15) is 0 Å². The first-order valence-electron chi connectivity index (χ1n) is 6.86. The summed E-state index contributed by atoms with van der Waals surface area (Å²) in [6.45, 7) is 10.2. The molecule has 0 unspecified atom stereocenters. The SMILES string of the molecule is CC(C)(C)CC(C)(C)c1ccc(OS(=O)(=O)C(F)(F)F)c(Cl)c1. The third-order valence-electron chi connectivity index (χ3n) is 3.17. The van der Waals surface area contributed by atoms with Crippen molar-refractivity contribution in [3.63, 3.8) is 0 Å². The van der Waals surface area contributed by atoms with Gasteiger partial charge in [0, 0.05) is 0 Å². The predicted octanol–water partition coefficient (Wildman–Crippen LogP) is 5.28. The molecule has 0 spiro atoms. The molecule has 0 aromatic heterocycles. The lowest BCUT2D eigenvalue weighted by molar-refractivity contribution is -0.0500. The molecule has 0 atom stereocenters. The van der Waals surface area contributed by atoms with Crippen LogP contribution in [0.4, 0.5) is 13.2 Å². The Balaban J connectivity index is 3.13. The molecule has 1 aromatic carbocycles. The van der Waals surface area contributed by atoms with E-state index in [0.29, 0.717) is 0 Å². The summed E-state index contributed by atoms with van der Waals surface area (Å²) >= 11 is 5.91. The van der Waals surface area contributed by atoms with Crippen molar-refractivity contribution in [1.82, 2.24) is 0 Å². The van der Waals surface area contributed by atoms with E-state index in [1.54, 1.807) is 0 Å². The largest absolute Gasteiger partial charge is 0.534 e. The second-order valence-corrected chi connectivity index (χ2v) is 9.19. The zero-order valence-electron chi connectivity index (χ0n) is 13.6. The first-order valence-corrected chi connectivity index (χ1v) is 8.65. The molecule has 0 radical (unpaired) electrons. The molecule has 23 heavy (non-hydrogen) atoms. The first kappa shape index (κ1) is 20.1. The molecular formula is C15H20ClF3O3S. The van der Waals surface area contributed by atoms with Crippen LogP contribution in [0.3, 0.4) is 0 Å². The highest BCUT2D eigenvalue weighted by molar-refractivity contribution is 7.88. The van der Waals surface area contributed by atoms with E-state index in [2.05, 4.69) is 25.0 Å². The monoisotopic (exact) mass is 372 g/mol. The lowest BCUT2D eigenvalue weighted by Crippen LogP contribution is -2.28. The lowest BCUT2D eigenvalue weighted by atomic mass is 9.72. The number of benzene rings is 1. The van der Waals surface area contributed by atoms with Crippen LogP contribution in [0.1, 0.15) is 46.6 Å². The van der Waals surface area contributed by atoms with Crippen molar-refractivity contribution in [3.8, 4) is 5.75 Å². The van der Waals surface area contributed by atoms with E-state index < -0.39 is 21.4 Å². The highest BCUT2D eigenvalue weighted by Gasteiger charge is 2.48. The molecule has 132 valence electrons. The molecule has 0 aliphatic rings. The van der Waals surface area contributed by atoms with E-state index in [0.717, 1.165) is 18.1 Å². The van der Waals surface area contributed by atoms with E-state index in [4.69, 9.17) is 11.6 Å². The van der Waals surface area contributed by atoms with Gasteiger partial charge < -0.3 is 4.18 Å². The second kappa shape index (κ2) is 6.16. The predicted molar refractivity (Wildman–Crippen MR) is 84.2 cm³/mol. The quantitative estimate of drug-likeness (QED) is 0.533. The Bertz CT molecular complexity index is 674. The molecule has 0 fully saturated rings. The minimum absolute atomic E-state index is 0.0325. The van der Waals surface area contributed by atoms with Gasteiger partial charge in [-0.1, -0.05) is 52.3 Å². The zero-order chi connectivity index (χ0) is 18.3.